The third-order valence-electron chi connectivity index (χ3n) is 5.31. The van der Waals surface area contributed by atoms with E-state index in [0.29, 0.717) is 18.4 Å². The number of likely N-dealkylation sites (tertiary alicyclic amines) is 1. The summed E-state index contributed by atoms with van der Waals surface area (Å²) in [6.07, 6.45) is 4.10. The molecule has 5 atom stereocenters. The first kappa shape index (κ1) is 14.4. The molecule has 2 aliphatic rings. The van der Waals surface area contributed by atoms with Crippen LogP contribution in [0.15, 0.2) is 0 Å². The zero-order valence-corrected chi connectivity index (χ0v) is 12.1. The highest BCUT2D eigenvalue weighted by Crippen LogP contribution is 2.43. The zero-order chi connectivity index (χ0) is 14.2. The van der Waals surface area contributed by atoms with E-state index in [2.05, 4.69) is 13.8 Å². The summed E-state index contributed by atoms with van der Waals surface area (Å²) in [6, 6.07) is -0.577. The lowest BCUT2D eigenvalue weighted by molar-refractivity contribution is -0.151. The number of carboxylic acid groups (broad SMARTS) is 1. The van der Waals surface area contributed by atoms with Gasteiger partial charge in [0.2, 0.25) is 5.91 Å². The van der Waals surface area contributed by atoms with Crippen LogP contribution < -0.4 is 0 Å². The lowest BCUT2D eigenvalue weighted by Crippen LogP contribution is -2.46. The van der Waals surface area contributed by atoms with Gasteiger partial charge in [0.1, 0.15) is 6.04 Å². The molecule has 1 saturated heterocycles. The second-order valence-corrected chi connectivity index (χ2v) is 6.30. The van der Waals surface area contributed by atoms with Gasteiger partial charge in [-0.1, -0.05) is 33.6 Å². The van der Waals surface area contributed by atoms with Gasteiger partial charge in [0.25, 0.3) is 0 Å². The van der Waals surface area contributed by atoms with Crippen LogP contribution >= 0.6 is 0 Å². The van der Waals surface area contributed by atoms with Crippen molar-refractivity contribution in [1.82, 2.24) is 4.90 Å². The maximum absolute atomic E-state index is 12.6. The minimum absolute atomic E-state index is 0.0381. The predicted molar refractivity (Wildman–Crippen MR) is 72.6 cm³/mol. The quantitative estimate of drug-likeness (QED) is 0.850. The molecule has 1 N–H and O–H groups in total. The molecule has 4 heteroatoms. The topological polar surface area (TPSA) is 57.6 Å². The fourth-order valence-electron chi connectivity index (χ4n) is 3.71. The second kappa shape index (κ2) is 5.51. The van der Waals surface area contributed by atoms with E-state index >= 15 is 0 Å². The molecule has 19 heavy (non-hydrogen) atoms. The third kappa shape index (κ3) is 2.49. The number of hydrogen-bond donors (Lipinski definition) is 1. The predicted octanol–water partition coefficient (Wildman–Crippen LogP) is 2.38. The molecule has 108 valence electrons. The Balaban J connectivity index is 2.14. The molecule has 0 radical (unpaired) electrons. The summed E-state index contributed by atoms with van der Waals surface area (Å²) in [5.74, 6) is 0.0445. The van der Waals surface area contributed by atoms with E-state index in [1.807, 2.05) is 6.92 Å². The molecule has 0 spiro atoms. The van der Waals surface area contributed by atoms with Gasteiger partial charge in [0.15, 0.2) is 0 Å². The molecule has 4 nitrogen and oxygen atoms in total. The maximum atomic E-state index is 12.6. The fourth-order valence-corrected chi connectivity index (χ4v) is 3.71. The zero-order valence-electron chi connectivity index (χ0n) is 12.1. The molecule has 1 heterocycles. The largest absolute Gasteiger partial charge is 0.480 e. The molecule has 0 aromatic rings. The number of aliphatic carboxylic acids is 1. The average molecular weight is 267 g/mol. The Morgan fingerprint density at radius 3 is 2.58 bits per heavy atom. The molecule has 2 fully saturated rings. The van der Waals surface area contributed by atoms with Crippen LogP contribution in [0.25, 0.3) is 0 Å². The number of carbonyl (C=O) groups is 2. The van der Waals surface area contributed by atoms with Crippen LogP contribution in [-0.2, 0) is 9.59 Å². The van der Waals surface area contributed by atoms with Crippen LogP contribution in [0.3, 0.4) is 0 Å². The SMILES string of the molecule is CCC(C)C(C)C(=O)N1CC2CCCC2C1C(=O)O. The van der Waals surface area contributed by atoms with Crippen molar-refractivity contribution in [3.8, 4) is 0 Å². The number of rotatable bonds is 4. The normalized spacial score (nSPS) is 33.0. The van der Waals surface area contributed by atoms with E-state index in [4.69, 9.17) is 0 Å². The molecule has 0 bridgehead atoms. The number of hydrogen-bond acceptors (Lipinski definition) is 2. The van der Waals surface area contributed by atoms with Gasteiger partial charge in [0.05, 0.1) is 0 Å². The number of nitrogens with zero attached hydrogens (tertiary/aromatic N) is 1. The smallest absolute Gasteiger partial charge is 0.326 e. The molecule has 1 aliphatic carbocycles. The van der Waals surface area contributed by atoms with Gasteiger partial charge in [-0.3, -0.25) is 4.79 Å². The standard InChI is InChI=1S/C15H25NO3/c1-4-9(2)10(3)14(17)16-8-11-6-5-7-12(11)13(16)15(18)19/h9-13H,4-8H2,1-3H3,(H,18,19). The first-order chi connectivity index (χ1) is 8.97. The Morgan fingerprint density at radius 2 is 2.00 bits per heavy atom. The molecule has 0 aromatic carbocycles. The maximum Gasteiger partial charge on any atom is 0.326 e. The second-order valence-electron chi connectivity index (χ2n) is 6.30. The molecular weight excluding hydrogens is 242 g/mol. The van der Waals surface area contributed by atoms with Crippen molar-refractivity contribution in [2.75, 3.05) is 6.54 Å². The number of carboxylic acids is 1. The Bertz CT molecular complexity index is 368. The highest BCUT2D eigenvalue weighted by molar-refractivity contribution is 5.86. The molecule has 5 unspecified atom stereocenters. The highest BCUT2D eigenvalue weighted by Gasteiger charge is 2.50. The summed E-state index contributed by atoms with van der Waals surface area (Å²) in [5.41, 5.74) is 0. The number of amides is 1. The van der Waals surface area contributed by atoms with Crippen LogP contribution in [0.4, 0.5) is 0 Å². The minimum Gasteiger partial charge on any atom is -0.480 e. The average Bonchev–Trinajstić information content (AvgIpc) is 2.94. The van der Waals surface area contributed by atoms with E-state index < -0.39 is 12.0 Å². The molecular formula is C15H25NO3. The summed E-state index contributed by atoms with van der Waals surface area (Å²) in [7, 11) is 0. The van der Waals surface area contributed by atoms with Crippen molar-refractivity contribution < 1.29 is 14.7 Å². The van der Waals surface area contributed by atoms with Gasteiger partial charge in [-0.15, -0.1) is 0 Å². The van der Waals surface area contributed by atoms with Crippen molar-refractivity contribution >= 4 is 11.9 Å². The molecule has 1 aliphatic heterocycles. The van der Waals surface area contributed by atoms with Crippen LogP contribution in [-0.4, -0.2) is 34.5 Å². The molecule has 0 aromatic heterocycles. The van der Waals surface area contributed by atoms with E-state index in [9.17, 15) is 14.7 Å². The van der Waals surface area contributed by atoms with Crippen molar-refractivity contribution in [2.45, 2.75) is 52.5 Å². The van der Waals surface area contributed by atoms with Crippen molar-refractivity contribution in [2.24, 2.45) is 23.7 Å². The highest BCUT2D eigenvalue weighted by atomic mass is 16.4. The van der Waals surface area contributed by atoms with Crippen LogP contribution in [0.2, 0.25) is 0 Å². The minimum atomic E-state index is -0.820. The van der Waals surface area contributed by atoms with Gasteiger partial charge in [-0.2, -0.15) is 0 Å². The van der Waals surface area contributed by atoms with Crippen LogP contribution in [0.5, 0.6) is 0 Å². The van der Waals surface area contributed by atoms with E-state index in [0.717, 1.165) is 25.7 Å². The Morgan fingerprint density at radius 1 is 1.32 bits per heavy atom. The van der Waals surface area contributed by atoms with Crippen LogP contribution in [0, 0.1) is 23.7 Å². The summed E-state index contributed by atoms with van der Waals surface area (Å²) in [6.45, 7) is 6.72. The Labute approximate surface area is 115 Å². The van der Waals surface area contributed by atoms with Crippen LogP contribution in [0.1, 0.15) is 46.5 Å². The first-order valence-electron chi connectivity index (χ1n) is 7.50. The molecule has 1 saturated carbocycles. The third-order valence-corrected chi connectivity index (χ3v) is 5.31. The molecule has 1 amide bonds. The summed E-state index contributed by atoms with van der Waals surface area (Å²) < 4.78 is 0. The first-order valence-corrected chi connectivity index (χ1v) is 7.50. The summed E-state index contributed by atoms with van der Waals surface area (Å²) in [5, 5.41) is 9.46. The number of fused-ring (bicyclic) bond motifs is 1. The Hall–Kier alpha value is -1.06. The van der Waals surface area contributed by atoms with Crippen molar-refractivity contribution in [3.05, 3.63) is 0 Å². The Kier molecular flexibility index (Phi) is 4.16. The van der Waals surface area contributed by atoms with Crippen molar-refractivity contribution in [3.63, 3.8) is 0 Å². The number of carbonyl (C=O) groups excluding carboxylic acids is 1. The van der Waals surface area contributed by atoms with Gasteiger partial charge in [-0.25, -0.2) is 4.79 Å². The van der Waals surface area contributed by atoms with Gasteiger partial charge >= 0.3 is 5.97 Å². The summed E-state index contributed by atoms with van der Waals surface area (Å²) in [4.78, 5) is 25.7. The lowest BCUT2D eigenvalue weighted by atomic mass is 9.91. The molecule has 2 rings (SSSR count). The fraction of sp³-hybridized carbons (Fsp3) is 0.867. The van der Waals surface area contributed by atoms with Gasteiger partial charge in [0, 0.05) is 12.5 Å². The lowest BCUT2D eigenvalue weighted by Gasteiger charge is -2.29. The van der Waals surface area contributed by atoms with E-state index in [1.54, 1.807) is 4.90 Å². The van der Waals surface area contributed by atoms with Gasteiger partial charge < -0.3 is 10.0 Å². The van der Waals surface area contributed by atoms with Crippen molar-refractivity contribution in [1.29, 1.82) is 0 Å². The van der Waals surface area contributed by atoms with E-state index in [-0.39, 0.29) is 17.7 Å². The monoisotopic (exact) mass is 267 g/mol. The van der Waals surface area contributed by atoms with E-state index in [1.165, 1.54) is 0 Å². The summed E-state index contributed by atoms with van der Waals surface area (Å²) >= 11 is 0. The van der Waals surface area contributed by atoms with Gasteiger partial charge in [-0.05, 0) is 30.6 Å².